The molecule has 0 unspecified atom stereocenters. The first-order valence-corrected chi connectivity index (χ1v) is 8.15. The van der Waals surface area contributed by atoms with E-state index in [0.717, 1.165) is 11.3 Å². The van der Waals surface area contributed by atoms with Crippen LogP contribution in [-0.2, 0) is 7.05 Å². The van der Waals surface area contributed by atoms with Crippen LogP contribution < -0.4 is 5.32 Å². The molecule has 7 nitrogen and oxygen atoms in total. The van der Waals surface area contributed by atoms with Crippen molar-refractivity contribution in [3.63, 3.8) is 0 Å². The highest BCUT2D eigenvalue weighted by atomic mass is 35.5. The number of non-ortho nitro benzene ring substituents is 1. The Morgan fingerprint density at radius 1 is 1.19 bits per heavy atom. The molecule has 1 aromatic heterocycles. The van der Waals surface area contributed by atoms with E-state index in [-0.39, 0.29) is 11.3 Å². The number of carbonyl (C=O) groups is 1. The molecule has 0 radical (unpaired) electrons. The van der Waals surface area contributed by atoms with Gasteiger partial charge in [-0.2, -0.15) is 0 Å². The van der Waals surface area contributed by atoms with E-state index in [0.29, 0.717) is 16.0 Å². The van der Waals surface area contributed by atoms with Crippen molar-refractivity contribution in [2.45, 2.75) is 0 Å². The first-order chi connectivity index (χ1) is 12.4. The van der Waals surface area contributed by atoms with Gasteiger partial charge < -0.3 is 4.57 Å². The quantitative estimate of drug-likeness (QED) is 0.522. The van der Waals surface area contributed by atoms with Gasteiger partial charge in [0, 0.05) is 30.3 Å². The van der Waals surface area contributed by atoms with Gasteiger partial charge in [-0.05, 0) is 18.2 Å². The second-order valence-corrected chi connectivity index (χ2v) is 6.23. The maximum Gasteiger partial charge on any atom is 0.270 e. The molecule has 3 aromatic rings. The number of amides is 1. The van der Waals surface area contributed by atoms with Gasteiger partial charge in [0.1, 0.15) is 0 Å². The maximum atomic E-state index is 12.4. The summed E-state index contributed by atoms with van der Waals surface area (Å²) in [5, 5.41) is 14.3. The highest BCUT2D eigenvalue weighted by molar-refractivity contribution is 6.42. The number of benzene rings is 2. The minimum Gasteiger partial charge on any atom is -0.313 e. The van der Waals surface area contributed by atoms with Crippen LogP contribution in [0.2, 0.25) is 10.0 Å². The van der Waals surface area contributed by atoms with E-state index in [4.69, 9.17) is 23.2 Å². The third-order valence-electron chi connectivity index (χ3n) is 3.75. The Labute approximate surface area is 158 Å². The number of anilines is 1. The Balaban J connectivity index is 1.86. The number of aromatic nitrogens is 2. The monoisotopic (exact) mass is 390 g/mol. The van der Waals surface area contributed by atoms with Gasteiger partial charge in [0.25, 0.3) is 11.6 Å². The van der Waals surface area contributed by atoms with Crippen molar-refractivity contribution in [2.24, 2.45) is 7.05 Å². The number of nitrogens with one attached hydrogen (secondary N) is 1. The highest BCUT2D eigenvalue weighted by Crippen LogP contribution is 2.29. The standard InChI is InChI=1S/C17H12Cl2N4O3/c1-22-15(10-5-6-13(18)14(19)8-10)9-20-17(22)21-16(24)11-3-2-4-12(7-11)23(25)26/h2-9H,1H3,(H,20,21,24). The molecule has 0 atom stereocenters. The summed E-state index contributed by atoms with van der Waals surface area (Å²) in [5.41, 5.74) is 1.51. The van der Waals surface area contributed by atoms with E-state index in [1.165, 1.54) is 24.3 Å². The fourth-order valence-electron chi connectivity index (χ4n) is 2.38. The Kier molecular flexibility index (Phi) is 4.92. The summed E-state index contributed by atoms with van der Waals surface area (Å²) in [6, 6.07) is 10.6. The van der Waals surface area contributed by atoms with E-state index in [1.54, 1.807) is 36.0 Å². The molecule has 26 heavy (non-hydrogen) atoms. The molecule has 2 aromatic carbocycles. The molecule has 1 heterocycles. The van der Waals surface area contributed by atoms with Crippen molar-refractivity contribution < 1.29 is 9.72 Å². The average Bonchev–Trinajstić information content (AvgIpc) is 2.98. The first-order valence-electron chi connectivity index (χ1n) is 7.40. The smallest absolute Gasteiger partial charge is 0.270 e. The van der Waals surface area contributed by atoms with Gasteiger partial charge >= 0.3 is 0 Å². The Morgan fingerprint density at radius 3 is 2.65 bits per heavy atom. The van der Waals surface area contributed by atoms with Gasteiger partial charge in [-0.15, -0.1) is 0 Å². The summed E-state index contributed by atoms with van der Waals surface area (Å²) in [6.07, 6.45) is 1.59. The number of hydrogen-bond donors (Lipinski definition) is 1. The lowest BCUT2D eigenvalue weighted by molar-refractivity contribution is -0.384. The highest BCUT2D eigenvalue weighted by Gasteiger charge is 2.15. The molecular formula is C17H12Cl2N4O3. The summed E-state index contributed by atoms with van der Waals surface area (Å²) >= 11 is 12.0. The lowest BCUT2D eigenvalue weighted by Gasteiger charge is -2.08. The summed E-state index contributed by atoms with van der Waals surface area (Å²) in [6.45, 7) is 0. The van der Waals surface area contributed by atoms with Crippen LogP contribution in [0.25, 0.3) is 11.3 Å². The van der Waals surface area contributed by atoms with Gasteiger partial charge in [-0.1, -0.05) is 35.3 Å². The number of halogens is 2. The van der Waals surface area contributed by atoms with Gasteiger partial charge in [-0.3, -0.25) is 20.2 Å². The number of hydrogen-bond acceptors (Lipinski definition) is 4. The number of nitro benzene ring substituents is 1. The summed E-state index contributed by atoms with van der Waals surface area (Å²) < 4.78 is 1.68. The molecule has 0 aliphatic carbocycles. The predicted molar refractivity (Wildman–Crippen MR) is 99.7 cm³/mol. The third kappa shape index (κ3) is 3.54. The number of nitrogens with zero attached hydrogens (tertiary/aromatic N) is 3. The van der Waals surface area contributed by atoms with Gasteiger partial charge in [0.2, 0.25) is 5.95 Å². The molecule has 132 valence electrons. The summed E-state index contributed by atoms with van der Waals surface area (Å²) in [5.74, 6) is -0.203. The summed E-state index contributed by atoms with van der Waals surface area (Å²) in [7, 11) is 1.73. The average molecular weight is 391 g/mol. The lowest BCUT2D eigenvalue weighted by Crippen LogP contribution is -2.15. The van der Waals surface area contributed by atoms with Crippen LogP contribution in [0.4, 0.5) is 11.6 Å². The Morgan fingerprint density at radius 2 is 1.96 bits per heavy atom. The molecule has 3 rings (SSSR count). The van der Waals surface area contributed by atoms with E-state index in [9.17, 15) is 14.9 Å². The molecule has 0 saturated carbocycles. The number of carbonyl (C=O) groups excluding carboxylic acids is 1. The fraction of sp³-hybridized carbons (Fsp3) is 0.0588. The molecule has 0 fully saturated rings. The van der Waals surface area contributed by atoms with Gasteiger partial charge in [0.15, 0.2) is 0 Å². The molecule has 9 heteroatoms. The predicted octanol–water partition coefficient (Wildman–Crippen LogP) is 4.55. The van der Waals surface area contributed by atoms with Crippen molar-refractivity contribution in [1.82, 2.24) is 9.55 Å². The zero-order valence-electron chi connectivity index (χ0n) is 13.4. The molecule has 1 amide bonds. The molecule has 0 aliphatic rings. The fourth-order valence-corrected chi connectivity index (χ4v) is 2.68. The van der Waals surface area contributed by atoms with Crippen molar-refractivity contribution in [3.8, 4) is 11.3 Å². The van der Waals surface area contributed by atoms with Crippen LogP contribution in [0.5, 0.6) is 0 Å². The summed E-state index contributed by atoms with van der Waals surface area (Å²) in [4.78, 5) is 26.8. The van der Waals surface area contributed by atoms with E-state index in [2.05, 4.69) is 10.3 Å². The molecule has 0 bridgehead atoms. The second kappa shape index (κ2) is 7.15. The Hall–Kier alpha value is -2.90. The minimum absolute atomic E-state index is 0.158. The normalized spacial score (nSPS) is 10.6. The minimum atomic E-state index is -0.556. The number of rotatable bonds is 4. The van der Waals surface area contributed by atoms with Crippen LogP contribution in [-0.4, -0.2) is 20.4 Å². The first kappa shape index (κ1) is 17.9. The zero-order chi connectivity index (χ0) is 18.8. The van der Waals surface area contributed by atoms with Crippen molar-refractivity contribution >= 4 is 40.7 Å². The van der Waals surface area contributed by atoms with Crippen LogP contribution in [0.15, 0.2) is 48.7 Å². The molecular weight excluding hydrogens is 379 g/mol. The maximum absolute atomic E-state index is 12.4. The molecule has 0 saturated heterocycles. The third-order valence-corrected chi connectivity index (χ3v) is 4.49. The lowest BCUT2D eigenvalue weighted by atomic mass is 10.2. The van der Waals surface area contributed by atoms with E-state index >= 15 is 0 Å². The molecule has 0 aliphatic heterocycles. The molecule has 0 spiro atoms. The number of nitro groups is 1. The number of imidazole rings is 1. The Bertz CT molecular complexity index is 1020. The van der Waals surface area contributed by atoms with Crippen LogP contribution in [0.1, 0.15) is 10.4 Å². The van der Waals surface area contributed by atoms with E-state index < -0.39 is 10.8 Å². The van der Waals surface area contributed by atoms with E-state index in [1.807, 2.05) is 0 Å². The van der Waals surface area contributed by atoms with Crippen LogP contribution in [0.3, 0.4) is 0 Å². The second-order valence-electron chi connectivity index (χ2n) is 5.42. The van der Waals surface area contributed by atoms with Crippen molar-refractivity contribution in [3.05, 3.63) is 74.4 Å². The topological polar surface area (TPSA) is 90.1 Å². The van der Waals surface area contributed by atoms with Crippen LogP contribution >= 0.6 is 23.2 Å². The zero-order valence-corrected chi connectivity index (χ0v) is 15.0. The SMILES string of the molecule is Cn1c(-c2ccc(Cl)c(Cl)c2)cnc1NC(=O)c1cccc([N+](=O)[O-])c1. The molecule has 1 N–H and O–H groups in total. The van der Waals surface area contributed by atoms with Gasteiger partial charge in [-0.25, -0.2) is 4.98 Å². The van der Waals surface area contributed by atoms with Crippen molar-refractivity contribution in [2.75, 3.05) is 5.32 Å². The van der Waals surface area contributed by atoms with Gasteiger partial charge in [0.05, 0.1) is 26.9 Å². The van der Waals surface area contributed by atoms with Crippen LogP contribution in [0, 0.1) is 10.1 Å². The largest absolute Gasteiger partial charge is 0.313 e. The van der Waals surface area contributed by atoms with Crippen molar-refractivity contribution in [1.29, 1.82) is 0 Å².